The summed E-state index contributed by atoms with van der Waals surface area (Å²) < 4.78 is 37.1. The van der Waals surface area contributed by atoms with Gasteiger partial charge in [0, 0.05) is 39.9 Å². The summed E-state index contributed by atoms with van der Waals surface area (Å²) in [7, 11) is -4.02. The Hall–Kier alpha value is -8.26. The van der Waals surface area contributed by atoms with Crippen molar-refractivity contribution < 1.29 is 12.8 Å². The van der Waals surface area contributed by atoms with E-state index in [1.807, 2.05) is 97.2 Å². The summed E-state index contributed by atoms with van der Waals surface area (Å²) >= 11 is 0. The fourth-order valence-electron chi connectivity index (χ4n) is 10.3. The minimum absolute atomic E-state index is 0.262. The normalized spacial score (nSPS) is 15.4. The third-order valence-electron chi connectivity index (χ3n) is 13.2. The number of rotatable bonds is 4. The van der Waals surface area contributed by atoms with Crippen LogP contribution in [-0.4, -0.2) is 23.4 Å². The van der Waals surface area contributed by atoms with Crippen molar-refractivity contribution in [1.82, 2.24) is 15.0 Å². The molecular weight excluding hydrogens is 819 g/mol. The van der Waals surface area contributed by atoms with Crippen molar-refractivity contribution >= 4 is 31.8 Å². The molecule has 11 aromatic rings. The number of benzene rings is 8. The molecule has 13 rings (SSSR count). The van der Waals surface area contributed by atoms with Crippen molar-refractivity contribution in [2.24, 2.45) is 0 Å². The van der Waals surface area contributed by atoms with Crippen molar-refractivity contribution in [1.29, 1.82) is 0 Å². The molecule has 1 unspecified atom stereocenters. The molecule has 7 heteroatoms. The van der Waals surface area contributed by atoms with Crippen LogP contribution in [0, 0.1) is 0 Å². The highest BCUT2D eigenvalue weighted by atomic mass is 32.2. The van der Waals surface area contributed by atoms with Crippen molar-refractivity contribution in [2.75, 3.05) is 0 Å². The maximum absolute atomic E-state index is 15.2. The third-order valence-corrected chi connectivity index (χ3v) is 15.1. The van der Waals surface area contributed by atoms with Crippen molar-refractivity contribution in [3.05, 3.63) is 235 Å². The van der Waals surface area contributed by atoms with E-state index < -0.39 is 15.3 Å². The molecule has 1 spiro atoms. The van der Waals surface area contributed by atoms with Gasteiger partial charge in [-0.3, -0.25) is 4.98 Å². The van der Waals surface area contributed by atoms with Gasteiger partial charge in [0.25, 0.3) is 0 Å². The third kappa shape index (κ3) is 5.52. The van der Waals surface area contributed by atoms with Gasteiger partial charge in [-0.25, -0.2) is 18.4 Å². The van der Waals surface area contributed by atoms with E-state index in [2.05, 4.69) is 108 Å². The van der Waals surface area contributed by atoms with Gasteiger partial charge in [0.2, 0.25) is 9.84 Å². The van der Waals surface area contributed by atoms with Crippen LogP contribution < -0.4 is 0 Å². The Morgan fingerprint density at radius 3 is 1.82 bits per heavy atom. The number of hydrogen-bond donors (Lipinski definition) is 0. The molecule has 1 aliphatic heterocycles. The minimum Gasteiger partial charge on any atom is -0.456 e. The number of pyridine rings is 1. The van der Waals surface area contributed by atoms with Crippen molar-refractivity contribution in [3.8, 4) is 67.3 Å². The van der Waals surface area contributed by atoms with Gasteiger partial charge in [-0.15, -0.1) is 0 Å². The predicted octanol–water partition coefficient (Wildman–Crippen LogP) is 13.6. The molecule has 65 heavy (non-hydrogen) atoms. The number of furan rings is 1. The van der Waals surface area contributed by atoms with Crippen LogP contribution in [0.1, 0.15) is 22.3 Å². The zero-order valence-corrected chi connectivity index (χ0v) is 35.5. The van der Waals surface area contributed by atoms with Gasteiger partial charge in [-0.1, -0.05) is 158 Å². The Kier molecular flexibility index (Phi) is 8.11. The molecule has 0 N–H and O–H groups in total. The molecule has 8 aromatic carbocycles. The van der Waals surface area contributed by atoms with E-state index in [0.717, 1.165) is 83.4 Å². The van der Waals surface area contributed by atoms with E-state index in [0.29, 0.717) is 28.1 Å². The lowest BCUT2D eigenvalue weighted by Gasteiger charge is -2.42. The van der Waals surface area contributed by atoms with E-state index in [1.165, 1.54) is 0 Å². The lowest BCUT2D eigenvalue weighted by molar-refractivity contribution is 0.579. The second-order valence-electron chi connectivity index (χ2n) is 16.7. The monoisotopic (exact) mass is 853 g/mol. The number of aromatic nitrogens is 3. The van der Waals surface area contributed by atoms with E-state index in [-0.39, 0.29) is 9.79 Å². The summed E-state index contributed by atoms with van der Waals surface area (Å²) in [6, 6.07) is 67.2. The fraction of sp³-hybridized carbons (Fsp3) is 0.0172. The molecule has 0 radical (unpaired) electrons. The molecule has 6 nitrogen and oxygen atoms in total. The molecular formula is C58H35N3O3S. The minimum atomic E-state index is -4.02. The van der Waals surface area contributed by atoms with Crippen LogP contribution in [0.5, 0.6) is 0 Å². The lowest BCUT2D eigenvalue weighted by Crippen LogP contribution is -2.38. The quantitative estimate of drug-likeness (QED) is 0.175. The number of para-hydroxylation sites is 1. The number of nitrogens with zero attached hydrogens (tertiary/aromatic N) is 3. The van der Waals surface area contributed by atoms with E-state index >= 15 is 8.42 Å². The van der Waals surface area contributed by atoms with Crippen LogP contribution in [0.3, 0.4) is 0 Å². The Morgan fingerprint density at radius 1 is 0.400 bits per heavy atom. The second-order valence-corrected chi connectivity index (χ2v) is 18.6. The molecule has 0 saturated heterocycles. The van der Waals surface area contributed by atoms with Crippen LogP contribution in [0.25, 0.3) is 89.2 Å². The first-order valence-electron chi connectivity index (χ1n) is 21.6. The highest BCUT2D eigenvalue weighted by molar-refractivity contribution is 7.91. The zero-order valence-electron chi connectivity index (χ0n) is 34.7. The summed E-state index contributed by atoms with van der Waals surface area (Å²) in [5.74, 6) is 0.599. The lowest BCUT2D eigenvalue weighted by atomic mass is 9.63. The average Bonchev–Trinajstić information content (AvgIpc) is 3.70. The van der Waals surface area contributed by atoms with Gasteiger partial charge in [-0.2, -0.15) is 0 Å². The first-order valence-corrected chi connectivity index (χ1v) is 23.0. The molecule has 1 aliphatic carbocycles. The Bertz CT molecular complexity index is 3850. The van der Waals surface area contributed by atoms with E-state index in [4.69, 9.17) is 14.4 Å². The summed E-state index contributed by atoms with van der Waals surface area (Å²) in [6.07, 6.45) is 3.64. The summed E-state index contributed by atoms with van der Waals surface area (Å²) in [4.78, 5) is 15.3. The second kappa shape index (κ2) is 14.1. The Labute approximate surface area is 375 Å². The first kappa shape index (κ1) is 37.3. The smallest absolute Gasteiger partial charge is 0.207 e. The van der Waals surface area contributed by atoms with Crippen LogP contribution in [0.15, 0.2) is 227 Å². The molecule has 0 amide bonds. The SMILES string of the molecule is O=S1(=O)c2ccccc2C2(c3ccccc3-c3ccccc3-c3ccc(-c4cc(-c5ccc(-c6cccnc6)cc5)nc(-c5ccccc5)n4)cc32)c2cc3oc4ccccc4c3cc21. The van der Waals surface area contributed by atoms with Crippen LogP contribution in [-0.2, 0) is 15.3 Å². The van der Waals surface area contributed by atoms with Gasteiger partial charge >= 0.3 is 0 Å². The number of sulfone groups is 1. The number of hydrogen-bond acceptors (Lipinski definition) is 6. The Balaban J connectivity index is 1.13. The molecule has 2 aliphatic rings. The van der Waals surface area contributed by atoms with Gasteiger partial charge in [0.1, 0.15) is 11.2 Å². The highest BCUT2D eigenvalue weighted by Gasteiger charge is 2.52. The van der Waals surface area contributed by atoms with E-state index in [1.54, 1.807) is 12.3 Å². The largest absolute Gasteiger partial charge is 0.456 e. The molecule has 3 aromatic heterocycles. The van der Waals surface area contributed by atoms with Crippen LogP contribution in [0.4, 0.5) is 0 Å². The van der Waals surface area contributed by atoms with Crippen molar-refractivity contribution in [2.45, 2.75) is 15.2 Å². The van der Waals surface area contributed by atoms with Crippen LogP contribution >= 0.6 is 0 Å². The first-order chi connectivity index (χ1) is 32.0. The average molecular weight is 854 g/mol. The highest BCUT2D eigenvalue weighted by Crippen LogP contribution is 2.60. The fourth-order valence-corrected chi connectivity index (χ4v) is 12.1. The molecule has 306 valence electrons. The van der Waals surface area contributed by atoms with Gasteiger partial charge in [0.05, 0.1) is 26.6 Å². The molecule has 4 heterocycles. The predicted molar refractivity (Wildman–Crippen MR) is 257 cm³/mol. The van der Waals surface area contributed by atoms with Crippen LogP contribution in [0.2, 0.25) is 0 Å². The van der Waals surface area contributed by atoms with Gasteiger partial charge in [-0.05, 0) is 98.1 Å². The van der Waals surface area contributed by atoms with Gasteiger partial charge < -0.3 is 4.42 Å². The Morgan fingerprint density at radius 2 is 1.03 bits per heavy atom. The summed E-state index contributed by atoms with van der Waals surface area (Å²) in [5, 5.41) is 1.62. The molecule has 0 saturated carbocycles. The van der Waals surface area contributed by atoms with Crippen molar-refractivity contribution in [3.63, 3.8) is 0 Å². The summed E-state index contributed by atoms with van der Waals surface area (Å²) in [5.41, 5.74) is 13.9. The topological polar surface area (TPSA) is 86.0 Å². The standard InChI is InChI=1S/C58H35N3O3S/c62-65(63)55-23-11-9-21-48(55)58(50-33-54-46(32-56(50)65)45-19-7-10-22-53(45)64-54)47-20-8-6-18-43(47)41-16-4-5-17-42(41)44-29-28-39(31-49(44)58)52-34-51(60-57(61-52)38-13-2-1-3-14-38)37-26-24-36(25-27-37)40-15-12-30-59-35-40/h1-35H. The molecule has 1 atom stereocenters. The van der Waals surface area contributed by atoms with E-state index in [9.17, 15) is 0 Å². The zero-order chi connectivity index (χ0) is 43.3. The maximum Gasteiger partial charge on any atom is 0.207 e. The molecule has 0 fully saturated rings. The molecule has 0 bridgehead atoms. The maximum atomic E-state index is 15.2. The number of fused-ring (bicyclic) bond motifs is 14. The summed E-state index contributed by atoms with van der Waals surface area (Å²) in [6.45, 7) is 0. The van der Waals surface area contributed by atoms with Gasteiger partial charge in [0.15, 0.2) is 5.82 Å².